The van der Waals surface area contributed by atoms with E-state index in [4.69, 9.17) is 0 Å². The van der Waals surface area contributed by atoms with Crippen molar-refractivity contribution in [1.29, 1.82) is 0 Å². The molecule has 0 spiro atoms. The molecule has 0 radical (unpaired) electrons. The fourth-order valence-electron chi connectivity index (χ4n) is 3.48. The van der Waals surface area contributed by atoms with Gasteiger partial charge in [-0.3, -0.25) is 4.79 Å². The van der Waals surface area contributed by atoms with E-state index in [9.17, 15) is 13.2 Å². The number of sulfonamides is 1. The zero-order valence-electron chi connectivity index (χ0n) is 16.3. The number of imidazole rings is 1. The Morgan fingerprint density at radius 3 is 2.68 bits per heavy atom. The van der Waals surface area contributed by atoms with Gasteiger partial charge in [-0.2, -0.15) is 0 Å². The third-order valence-corrected chi connectivity index (χ3v) is 7.07. The molecule has 152 valence electrons. The zero-order chi connectivity index (χ0) is 20.0. The molecular weight excluding hydrogens is 376 g/mol. The lowest BCUT2D eigenvalue weighted by atomic mass is 9.98. The molecule has 1 aliphatic rings. The van der Waals surface area contributed by atoms with Crippen molar-refractivity contribution in [2.45, 2.75) is 39.3 Å². The first-order chi connectivity index (χ1) is 13.5. The monoisotopic (exact) mass is 404 g/mol. The maximum absolute atomic E-state index is 12.5. The van der Waals surface area contributed by atoms with Gasteiger partial charge in [0.2, 0.25) is 15.9 Å². The summed E-state index contributed by atoms with van der Waals surface area (Å²) in [5.41, 5.74) is 2.19. The highest BCUT2D eigenvalue weighted by atomic mass is 32.2. The van der Waals surface area contributed by atoms with Crippen LogP contribution in [0.25, 0.3) is 0 Å². The number of piperidine rings is 1. The third kappa shape index (κ3) is 5.42. The second kappa shape index (κ2) is 9.34. The van der Waals surface area contributed by atoms with E-state index < -0.39 is 10.0 Å². The third-order valence-electron chi connectivity index (χ3n) is 5.02. The van der Waals surface area contributed by atoms with Crippen LogP contribution in [0.2, 0.25) is 0 Å². The van der Waals surface area contributed by atoms with Crippen LogP contribution in [0.1, 0.15) is 37.3 Å². The second-order valence-electron chi connectivity index (χ2n) is 7.28. The molecule has 1 aromatic carbocycles. The van der Waals surface area contributed by atoms with Crippen molar-refractivity contribution in [2.75, 3.05) is 18.8 Å². The van der Waals surface area contributed by atoms with Crippen molar-refractivity contribution in [2.24, 2.45) is 5.92 Å². The van der Waals surface area contributed by atoms with Crippen molar-refractivity contribution in [3.63, 3.8) is 0 Å². The summed E-state index contributed by atoms with van der Waals surface area (Å²) >= 11 is 0. The van der Waals surface area contributed by atoms with Gasteiger partial charge in [-0.25, -0.2) is 17.7 Å². The maximum atomic E-state index is 12.5. The summed E-state index contributed by atoms with van der Waals surface area (Å²) in [6, 6.07) is 8.10. The topological polar surface area (TPSA) is 84.3 Å². The molecule has 1 saturated heterocycles. The Morgan fingerprint density at radius 2 is 2.00 bits per heavy atom. The Kier molecular flexibility index (Phi) is 6.85. The highest BCUT2D eigenvalue weighted by molar-refractivity contribution is 7.89. The van der Waals surface area contributed by atoms with Crippen LogP contribution < -0.4 is 5.32 Å². The summed E-state index contributed by atoms with van der Waals surface area (Å²) in [5, 5.41) is 2.96. The van der Waals surface area contributed by atoms with Gasteiger partial charge in [-0.15, -0.1) is 0 Å². The van der Waals surface area contributed by atoms with E-state index in [-0.39, 0.29) is 24.1 Å². The molecule has 28 heavy (non-hydrogen) atoms. The fraction of sp³-hybridized carbons (Fsp3) is 0.500. The quantitative estimate of drug-likeness (QED) is 0.729. The SMILES string of the molecule is CCCS(=O)(=O)N1CCC[C@H](C(=O)NCc2ccc(Cn3ccnc3)cc2)C1. The first-order valence-corrected chi connectivity index (χ1v) is 11.4. The summed E-state index contributed by atoms with van der Waals surface area (Å²) in [6.45, 7) is 3.87. The average Bonchev–Trinajstić information content (AvgIpc) is 3.20. The van der Waals surface area contributed by atoms with Gasteiger partial charge >= 0.3 is 0 Å². The van der Waals surface area contributed by atoms with E-state index in [0.29, 0.717) is 19.5 Å². The van der Waals surface area contributed by atoms with Gasteiger partial charge in [0.25, 0.3) is 0 Å². The number of hydrogen-bond acceptors (Lipinski definition) is 4. The molecule has 0 aliphatic carbocycles. The Morgan fingerprint density at radius 1 is 1.25 bits per heavy atom. The molecule has 1 aromatic heterocycles. The lowest BCUT2D eigenvalue weighted by molar-refractivity contribution is -0.126. The van der Waals surface area contributed by atoms with Crippen LogP contribution in [-0.2, 0) is 27.9 Å². The van der Waals surface area contributed by atoms with E-state index in [1.807, 2.05) is 42.0 Å². The molecule has 0 bridgehead atoms. The van der Waals surface area contributed by atoms with Gasteiger partial charge in [0.05, 0.1) is 18.0 Å². The number of hydrogen-bond donors (Lipinski definition) is 1. The number of benzene rings is 1. The van der Waals surface area contributed by atoms with E-state index in [0.717, 1.165) is 30.5 Å². The number of carbonyl (C=O) groups excluding carboxylic acids is 1. The molecule has 1 atom stereocenters. The largest absolute Gasteiger partial charge is 0.352 e. The molecule has 0 unspecified atom stereocenters. The van der Waals surface area contributed by atoms with E-state index in [1.54, 1.807) is 12.5 Å². The highest BCUT2D eigenvalue weighted by Gasteiger charge is 2.31. The lowest BCUT2D eigenvalue weighted by Gasteiger charge is -2.31. The maximum Gasteiger partial charge on any atom is 0.224 e. The zero-order valence-corrected chi connectivity index (χ0v) is 17.1. The Balaban J connectivity index is 1.50. The average molecular weight is 405 g/mol. The molecule has 8 heteroatoms. The fourth-order valence-corrected chi connectivity index (χ4v) is 5.07. The van der Waals surface area contributed by atoms with Crippen LogP contribution in [0.15, 0.2) is 43.0 Å². The predicted molar refractivity (Wildman–Crippen MR) is 108 cm³/mol. The van der Waals surface area contributed by atoms with Crippen molar-refractivity contribution in [3.8, 4) is 0 Å². The number of carbonyl (C=O) groups is 1. The summed E-state index contributed by atoms with van der Waals surface area (Å²) < 4.78 is 28.0. The summed E-state index contributed by atoms with van der Waals surface area (Å²) in [4.78, 5) is 16.6. The van der Waals surface area contributed by atoms with Gasteiger partial charge in [-0.1, -0.05) is 31.2 Å². The molecular formula is C20H28N4O3S. The molecule has 1 aliphatic heterocycles. The lowest BCUT2D eigenvalue weighted by Crippen LogP contribution is -2.45. The predicted octanol–water partition coefficient (Wildman–Crippen LogP) is 2.00. The van der Waals surface area contributed by atoms with Crippen molar-refractivity contribution in [3.05, 3.63) is 54.1 Å². The summed E-state index contributed by atoms with van der Waals surface area (Å²) in [7, 11) is -3.25. The molecule has 1 N–H and O–H groups in total. The number of nitrogens with one attached hydrogen (secondary N) is 1. The molecule has 1 amide bonds. The Hall–Kier alpha value is -2.19. The molecule has 1 fully saturated rings. The summed E-state index contributed by atoms with van der Waals surface area (Å²) in [5.74, 6) is -0.202. The minimum absolute atomic E-state index is 0.0705. The van der Waals surface area contributed by atoms with Gasteiger partial charge in [0, 0.05) is 38.6 Å². The smallest absolute Gasteiger partial charge is 0.224 e. The minimum Gasteiger partial charge on any atom is -0.352 e. The number of nitrogens with zero attached hydrogens (tertiary/aromatic N) is 3. The standard InChI is InChI=1S/C20H28N4O3S/c1-2-12-28(26,27)24-10-3-4-19(15-24)20(25)22-13-17-5-7-18(8-6-17)14-23-11-9-21-16-23/h5-9,11,16,19H,2-4,10,12-15H2,1H3,(H,22,25)/t19-/m0/s1. The summed E-state index contributed by atoms with van der Waals surface area (Å²) in [6.07, 6.45) is 7.50. The van der Waals surface area contributed by atoms with Crippen LogP contribution in [-0.4, -0.2) is 47.0 Å². The van der Waals surface area contributed by atoms with Gasteiger partial charge in [0.1, 0.15) is 0 Å². The Labute approximate surface area is 166 Å². The van der Waals surface area contributed by atoms with E-state index >= 15 is 0 Å². The highest BCUT2D eigenvalue weighted by Crippen LogP contribution is 2.20. The van der Waals surface area contributed by atoms with Gasteiger partial charge in [0.15, 0.2) is 0 Å². The van der Waals surface area contributed by atoms with Crippen molar-refractivity contribution >= 4 is 15.9 Å². The first kappa shape index (κ1) is 20.5. The van der Waals surface area contributed by atoms with Gasteiger partial charge in [-0.05, 0) is 30.4 Å². The molecule has 2 heterocycles. The molecule has 0 saturated carbocycles. The Bertz CT molecular complexity index is 863. The van der Waals surface area contributed by atoms with Crippen LogP contribution in [0.4, 0.5) is 0 Å². The van der Waals surface area contributed by atoms with Crippen LogP contribution in [0.3, 0.4) is 0 Å². The second-order valence-corrected chi connectivity index (χ2v) is 9.37. The first-order valence-electron chi connectivity index (χ1n) is 9.77. The van der Waals surface area contributed by atoms with Gasteiger partial charge < -0.3 is 9.88 Å². The van der Waals surface area contributed by atoms with Crippen molar-refractivity contribution in [1.82, 2.24) is 19.2 Å². The van der Waals surface area contributed by atoms with E-state index in [2.05, 4.69) is 10.3 Å². The number of amides is 1. The molecule has 7 nitrogen and oxygen atoms in total. The number of aromatic nitrogens is 2. The minimum atomic E-state index is -3.25. The van der Waals surface area contributed by atoms with Crippen LogP contribution in [0, 0.1) is 5.92 Å². The van der Waals surface area contributed by atoms with E-state index in [1.165, 1.54) is 4.31 Å². The van der Waals surface area contributed by atoms with Crippen LogP contribution >= 0.6 is 0 Å². The molecule has 2 aromatic rings. The molecule has 3 rings (SSSR count). The normalized spacial score (nSPS) is 18.1. The van der Waals surface area contributed by atoms with Crippen molar-refractivity contribution < 1.29 is 13.2 Å². The number of rotatable bonds is 8. The van der Waals surface area contributed by atoms with Crippen LogP contribution in [0.5, 0.6) is 0 Å².